The molecule has 1 aromatic rings. The first kappa shape index (κ1) is 13.4. The van der Waals surface area contributed by atoms with E-state index in [0.29, 0.717) is 5.76 Å². The Kier molecular flexibility index (Phi) is 3.68. The van der Waals surface area contributed by atoms with Gasteiger partial charge < -0.3 is 10.2 Å². The fourth-order valence-electron chi connectivity index (χ4n) is 2.25. The lowest BCUT2D eigenvalue weighted by atomic mass is 10.1. The third-order valence-corrected chi connectivity index (χ3v) is 3.07. The zero-order chi connectivity index (χ0) is 13.3. The fraction of sp³-hybridized carbons (Fsp3) is 0.667. The molecule has 1 heterocycles. The molecule has 0 saturated heterocycles. The molecule has 102 valence electrons. The second-order valence-electron chi connectivity index (χ2n) is 4.84. The van der Waals surface area contributed by atoms with E-state index in [-0.39, 0.29) is 6.04 Å². The van der Waals surface area contributed by atoms with E-state index in [4.69, 9.17) is 10.2 Å². The van der Waals surface area contributed by atoms with Crippen LogP contribution < -0.4 is 5.73 Å². The van der Waals surface area contributed by atoms with Crippen LogP contribution in [-0.4, -0.2) is 29.7 Å². The van der Waals surface area contributed by atoms with Crippen molar-refractivity contribution in [3.63, 3.8) is 0 Å². The summed E-state index contributed by atoms with van der Waals surface area (Å²) in [5.74, 6) is 0.501. The molecule has 2 atom stereocenters. The minimum atomic E-state index is -4.22. The van der Waals surface area contributed by atoms with E-state index in [2.05, 4.69) is 0 Å². The van der Waals surface area contributed by atoms with Crippen molar-refractivity contribution in [3.8, 4) is 0 Å². The molecule has 1 saturated carbocycles. The highest BCUT2D eigenvalue weighted by molar-refractivity contribution is 5.09. The van der Waals surface area contributed by atoms with Crippen molar-refractivity contribution >= 4 is 0 Å². The van der Waals surface area contributed by atoms with Gasteiger partial charge in [0.05, 0.1) is 18.8 Å². The van der Waals surface area contributed by atoms with Crippen LogP contribution in [0.1, 0.15) is 31.6 Å². The van der Waals surface area contributed by atoms with Crippen molar-refractivity contribution in [2.75, 3.05) is 6.54 Å². The van der Waals surface area contributed by atoms with Gasteiger partial charge in [-0.1, -0.05) is 0 Å². The predicted octanol–water partition coefficient (Wildman–Crippen LogP) is 2.69. The highest BCUT2D eigenvalue weighted by Crippen LogP contribution is 2.38. The molecule has 0 aromatic carbocycles. The monoisotopic (exact) mass is 262 g/mol. The minimum absolute atomic E-state index is 0.0345. The van der Waals surface area contributed by atoms with Crippen LogP contribution in [0.2, 0.25) is 0 Å². The molecule has 2 N–H and O–H groups in total. The maximum atomic E-state index is 12.6. The Hall–Kier alpha value is -1.01. The summed E-state index contributed by atoms with van der Waals surface area (Å²) in [6.07, 6.45) is -1.17. The SMILES string of the molecule is CC(N)C(c1ccco1)N(CC(F)(F)F)C1CC1. The molecule has 1 fully saturated rings. The maximum Gasteiger partial charge on any atom is 0.401 e. The van der Waals surface area contributed by atoms with E-state index in [1.807, 2.05) is 0 Å². The van der Waals surface area contributed by atoms with Gasteiger partial charge in [-0.15, -0.1) is 0 Å². The smallest absolute Gasteiger partial charge is 0.401 e. The van der Waals surface area contributed by atoms with Crippen LogP contribution in [0, 0.1) is 0 Å². The van der Waals surface area contributed by atoms with Gasteiger partial charge in [-0.3, -0.25) is 4.90 Å². The van der Waals surface area contributed by atoms with Gasteiger partial charge in [0.1, 0.15) is 5.76 Å². The lowest BCUT2D eigenvalue weighted by Crippen LogP contribution is -2.45. The number of hydrogen-bond acceptors (Lipinski definition) is 3. The van der Waals surface area contributed by atoms with Crippen LogP contribution in [0.25, 0.3) is 0 Å². The van der Waals surface area contributed by atoms with E-state index in [1.165, 1.54) is 11.2 Å². The van der Waals surface area contributed by atoms with Crippen molar-refractivity contribution in [1.29, 1.82) is 0 Å². The van der Waals surface area contributed by atoms with Crippen LogP contribution >= 0.6 is 0 Å². The van der Waals surface area contributed by atoms with Crippen molar-refractivity contribution in [2.45, 2.75) is 44.1 Å². The highest BCUT2D eigenvalue weighted by Gasteiger charge is 2.43. The van der Waals surface area contributed by atoms with Gasteiger partial charge in [-0.05, 0) is 31.9 Å². The number of hydrogen-bond donors (Lipinski definition) is 1. The summed E-state index contributed by atoms with van der Waals surface area (Å²) < 4.78 is 43.2. The number of furan rings is 1. The maximum absolute atomic E-state index is 12.6. The highest BCUT2D eigenvalue weighted by atomic mass is 19.4. The Bertz CT molecular complexity index is 371. The number of nitrogens with zero attached hydrogens (tertiary/aromatic N) is 1. The second kappa shape index (κ2) is 4.93. The van der Waals surface area contributed by atoms with Gasteiger partial charge in [-0.25, -0.2) is 0 Å². The molecule has 1 aromatic heterocycles. The third-order valence-electron chi connectivity index (χ3n) is 3.07. The second-order valence-corrected chi connectivity index (χ2v) is 4.84. The van der Waals surface area contributed by atoms with Gasteiger partial charge in [-0.2, -0.15) is 13.2 Å². The van der Waals surface area contributed by atoms with E-state index < -0.39 is 24.8 Å². The van der Waals surface area contributed by atoms with E-state index in [0.717, 1.165) is 12.8 Å². The Balaban J connectivity index is 2.21. The normalized spacial score (nSPS) is 20.1. The summed E-state index contributed by atoms with van der Waals surface area (Å²) in [5.41, 5.74) is 5.84. The van der Waals surface area contributed by atoms with Crippen LogP contribution in [0.4, 0.5) is 13.2 Å². The zero-order valence-corrected chi connectivity index (χ0v) is 10.2. The number of nitrogens with two attached hydrogens (primary N) is 1. The first-order chi connectivity index (χ1) is 8.38. The van der Waals surface area contributed by atoms with Crippen molar-refractivity contribution in [3.05, 3.63) is 24.2 Å². The predicted molar refractivity (Wildman–Crippen MR) is 60.9 cm³/mol. The molecule has 0 bridgehead atoms. The van der Waals surface area contributed by atoms with Gasteiger partial charge in [0.2, 0.25) is 0 Å². The molecule has 0 aliphatic heterocycles. The Morgan fingerprint density at radius 3 is 2.56 bits per heavy atom. The molecule has 3 nitrogen and oxygen atoms in total. The molecule has 0 spiro atoms. The first-order valence-electron chi connectivity index (χ1n) is 6.00. The summed E-state index contributed by atoms with van der Waals surface area (Å²) in [6, 6.07) is 2.38. The van der Waals surface area contributed by atoms with Gasteiger partial charge in [0.15, 0.2) is 0 Å². The van der Waals surface area contributed by atoms with Crippen LogP contribution in [0.5, 0.6) is 0 Å². The average molecular weight is 262 g/mol. The first-order valence-corrected chi connectivity index (χ1v) is 6.00. The van der Waals surface area contributed by atoms with Crippen molar-refractivity contribution in [2.24, 2.45) is 5.73 Å². The summed E-state index contributed by atoms with van der Waals surface area (Å²) >= 11 is 0. The lowest BCUT2D eigenvalue weighted by Gasteiger charge is -2.33. The molecule has 0 amide bonds. The number of rotatable bonds is 5. The van der Waals surface area contributed by atoms with Gasteiger partial charge in [0, 0.05) is 12.1 Å². The zero-order valence-electron chi connectivity index (χ0n) is 10.2. The molecule has 2 unspecified atom stereocenters. The van der Waals surface area contributed by atoms with Gasteiger partial charge in [0.25, 0.3) is 0 Å². The Morgan fingerprint density at radius 1 is 1.50 bits per heavy atom. The molecule has 6 heteroatoms. The molecular formula is C12H17F3N2O. The minimum Gasteiger partial charge on any atom is -0.468 e. The molecule has 2 rings (SSSR count). The Morgan fingerprint density at radius 2 is 2.17 bits per heavy atom. The number of alkyl halides is 3. The summed E-state index contributed by atoms with van der Waals surface area (Å²) in [7, 11) is 0. The van der Waals surface area contributed by atoms with Crippen LogP contribution in [0.3, 0.4) is 0 Å². The largest absolute Gasteiger partial charge is 0.468 e. The average Bonchev–Trinajstić information content (AvgIpc) is 2.94. The summed E-state index contributed by atoms with van der Waals surface area (Å²) in [6.45, 7) is 0.767. The van der Waals surface area contributed by atoms with E-state index in [9.17, 15) is 13.2 Å². The standard InChI is InChI=1S/C12H17F3N2O/c1-8(16)11(10-3-2-6-18-10)17(9-4-5-9)7-12(13,14)15/h2-3,6,8-9,11H,4-5,7,16H2,1H3. The molecule has 18 heavy (non-hydrogen) atoms. The molecular weight excluding hydrogens is 245 g/mol. The van der Waals surface area contributed by atoms with Crippen molar-refractivity contribution in [1.82, 2.24) is 4.90 Å². The summed E-state index contributed by atoms with van der Waals surface area (Å²) in [5, 5.41) is 0. The van der Waals surface area contributed by atoms with E-state index in [1.54, 1.807) is 19.1 Å². The Labute approximate surface area is 104 Å². The topological polar surface area (TPSA) is 42.4 Å². The summed E-state index contributed by atoms with van der Waals surface area (Å²) in [4.78, 5) is 1.42. The molecule has 1 aliphatic rings. The third kappa shape index (κ3) is 3.26. The van der Waals surface area contributed by atoms with Crippen LogP contribution in [0.15, 0.2) is 22.8 Å². The molecule has 1 aliphatic carbocycles. The number of halogens is 3. The van der Waals surface area contributed by atoms with E-state index >= 15 is 0 Å². The molecule has 0 radical (unpaired) electrons. The van der Waals surface area contributed by atoms with Crippen molar-refractivity contribution < 1.29 is 17.6 Å². The lowest BCUT2D eigenvalue weighted by molar-refractivity contribution is -0.154. The van der Waals surface area contributed by atoms with Crippen LogP contribution in [-0.2, 0) is 0 Å². The van der Waals surface area contributed by atoms with Gasteiger partial charge >= 0.3 is 6.18 Å². The fourth-order valence-corrected chi connectivity index (χ4v) is 2.25. The quantitative estimate of drug-likeness (QED) is 0.887.